The monoisotopic (exact) mass is 778 g/mol. The zero-order chi connectivity index (χ0) is 33.7. The van der Waals surface area contributed by atoms with Gasteiger partial charge in [-0.05, 0) is 59.4 Å². The van der Waals surface area contributed by atoms with Gasteiger partial charge in [-0.25, -0.2) is 0 Å². The third-order valence-corrected chi connectivity index (χ3v) is 18.7. The third-order valence-electron chi connectivity index (χ3n) is 7.54. The van der Waals surface area contributed by atoms with E-state index in [1.165, 1.54) is 47.9 Å². The van der Waals surface area contributed by atoms with Crippen molar-refractivity contribution in [3.05, 3.63) is 70.8 Å². The molecule has 0 bridgehead atoms. The fraction of sp³-hybridized carbons (Fsp3) is 0.562. The van der Waals surface area contributed by atoms with Crippen molar-refractivity contribution in [2.45, 2.75) is 62.1 Å². The van der Waals surface area contributed by atoms with Crippen molar-refractivity contribution in [1.82, 2.24) is 0 Å². The van der Waals surface area contributed by atoms with Gasteiger partial charge < -0.3 is 26.6 Å². The Morgan fingerprint density at radius 2 is 0.783 bits per heavy atom. The molecule has 0 spiro atoms. The van der Waals surface area contributed by atoms with Crippen molar-refractivity contribution in [2.24, 2.45) is 0 Å². The summed E-state index contributed by atoms with van der Waals surface area (Å²) in [6.45, 7) is 0. The molecule has 0 aliphatic carbocycles. The van der Waals surface area contributed by atoms with Crippen LogP contribution < -0.4 is 0 Å². The first-order chi connectivity index (χ1) is 22.3. The van der Waals surface area contributed by atoms with Gasteiger partial charge in [-0.2, -0.15) is 0 Å². The molecule has 0 heterocycles. The molecule has 0 N–H and O–H groups in total. The topological polar surface area (TPSA) is 55.4 Å². The number of thioether (sulfide) groups is 4. The minimum absolute atomic E-state index is 0.762. The summed E-state index contributed by atoms with van der Waals surface area (Å²) in [5.41, 5.74) is 5.09. The molecule has 0 saturated carbocycles. The van der Waals surface area contributed by atoms with Crippen LogP contribution in [0.4, 0.5) is 0 Å². The van der Waals surface area contributed by atoms with Gasteiger partial charge in [-0.3, -0.25) is 0 Å². The van der Waals surface area contributed by atoms with Gasteiger partial charge in [0.2, 0.25) is 0 Å². The molecule has 0 saturated heterocycles. The molecule has 258 valence electrons. The average molecular weight is 779 g/mol. The lowest BCUT2D eigenvalue weighted by Crippen LogP contribution is -2.43. The first kappa shape index (κ1) is 42.4. The molecule has 2 aromatic carbocycles. The zero-order valence-electron chi connectivity index (χ0n) is 28.0. The van der Waals surface area contributed by atoms with E-state index in [4.69, 9.17) is 51.0 Å². The maximum Gasteiger partial charge on any atom is 0.500 e. The lowest BCUT2D eigenvalue weighted by atomic mass is 10.1. The molecule has 0 aromatic heterocycles. The maximum atomic E-state index is 5.61. The van der Waals surface area contributed by atoms with Gasteiger partial charge >= 0.3 is 17.6 Å². The summed E-state index contributed by atoms with van der Waals surface area (Å²) in [4.78, 5) is 0. The molecule has 0 amide bonds. The fourth-order valence-electron chi connectivity index (χ4n) is 4.55. The molecule has 6 nitrogen and oxygen atoms in total. The highest BCUT2D eigenvalue weighted by Gasteiger charge is 2.37. The van der Waals surface area contributed by atoms with E-state index in [-0.39, 0.29) is 0 Å². The van der Waals surface area contributed by atoms with Crippen LogP contribution in [-0.4, -0.2) is 78.8 Å². The molecule has 14 heteroatoms. The SMILES string of the molecule is CO[Si](CCc1ccc(CSC(=S)SCCCCCCSC(=S)SCc2ccc(CC[Si](OC)(OC)OC)cc2)cc1)(OC)OC. The highest BCUT2D eigenvalue weighted by Crippen LogP contribution is 2.26. The first-order valence-electron chi connectivity index (χ1n) is 15.3. The Hall–Kier alpha value is 0.214. The number of aryl methyl sites for hydroxylation is 2. The summed E-state index contributed by atoms with van der Waals surface area (Å²) in [6.07, 6.45) is 6.59. The molecule has 0 fully saturated rings. The van der Waals surface area contributed by atoms with Crippen LogP contribution in [0.5, 0.6) is 0 Å². The average Bonchev–Trinajstić information content (AvgIpc) is 3.10. The summed E-state index contributed by atoms with van der Waals surface area (Å²) in [6, 6.07) is 19.0. The predicted octanol–water partition coefficient (Wildman–Crippen LogP) is 9.29. The Balaban J connectivity index is 1.49. The van der Waals surface area contributed by atoms with Gasteiger partial charge in [0.05, 0.1) is 0 Å². The quantitative estimate of drug-likeness (QED) is 0.0614. The molecule has 0 aliphatic rings. The molecule has 0 radical (unpaired) electrons. The normalized spacial score (nSPS) is 12.0. The number of rotatable bonds is 23. The van der Waals surface area contributed by atoms with Crippen molar-refractivity contribution < 1.29 is 26.6 Å². The highest BCUT2D eigenvalue weighted by atomic mass is 32.2. The Bertz CT molecular complexity index is 1030. The van der Waals surface area contributed by atoms with Gasteiger partial charge in [-0.15, -0.1) is 47.0 Å². The third kappa shape index (κ3) is 16.3. The van der Waals surface area contributed by atoms with Gasteiger partial charge in [0.25, 0.3) is 0 Å². The molecular weight excluding hydrogens is 729 g/mol. The minimum atomic E-state index is -2.54. The molecule has 2 aromatic rings. The second-order valence-electron chi connectivity index (χ2n) is 10.4. The lowest BCUT2D eigenvalue weighted by Gasteiger charge is -2.24. The summed E-state index contributed by atoms with van der Waals surface area (Å²) in [5, 5.41) is 0. The summed E-state index contributed by atoms with van der Waals surface area (Å²) < 4.78 is 35.2. The molecule has 0 atom stereocenters. The lowest BCUT2D eigenvalue weighted by molar-refractivity contribution is 0.123. The van der Waals surface area contributed by atoms with E-state index >= 15 is 0 Å². The van der Waals surface area contributed by atoms with Crippen molar-refractivity contribution in [2.75, 3.05) is 54.2 Å². The minimum Gasteiger partial charge on any atom is -0.377 e. The van der Waals surface area contributed by atoms with Crippen LogP contribution in [0.25, 0.3) is 0 Å². The maximum absolute atomic E-state index is 5.61. The number of benzene rings is 2. The highest BCUT2D eigenvalue weighted by molar-refractivity contribution is 8.47. The fourth-order valence-corrected chi connectivity index (χ4v) is 12.3. The largest absolute Gasteiger partial charge is 0.500 e. The molecule has 46 heavy (non-hydrogen) atoms. The molecule has 2 rings (SSSR count). The summed E-state index contributed by atoms with van der Waals surface area (Å²) in [5.74, 6) is 3.98. The Morgan fingerprint density at radius 1 is 0.478 bits per heavy atom. The Kier molecular flexibility index (Phi) is 22.5. The van der Waals surface area contributed by atoms with Crippen LogP contribution >= 0.6 is 71.5 Å². The van der Waals surface area contributed by atoms with Crippen LogP contribution in [0.1, 0.15) is 47.9 Å². The van der Waals surface area contributed by atoms with Crippen molar-refractivity contribution >= 4 is 96.1 Å². The zero-order valence-corrected chi connectivity index (χ0v) is 34.9. The number of hydrogen-bond acceptors (Lipinski definition) is 12. The van der Waals surface area contributed by atoms with E-state index in [9.17, 15) is 0 Å². The second-order valence-corrected chi connectivity index (χ2v) is 23.1. The smallest absolute Gasteiger partial charge is 0.377 e. The van der Waals surface area contributed by atoms with Crippen LogP contribution in [0.3, 0.4) is 0 Å². The van der Waals surface area contributed by atoms with Crippen LogP contribution in [-0.2, 0) is 50.9 Å². The van der Waals surface area contributed by atoms with E-state index < -0.39 is 17.6 Å². The van der Waals surface area contributed by atoms with Gasteiger partial charge in [0.15, 0.2) is 0 Å². The van der Waals surface area contributed by atoms with Gasteiger partial charge in [-0.1, -0.05) is 85.8 Å². The standard InChI is InChI=1S/C32H50O6S6Si2/c1-33-45(34-2,35-3)23-19-27-11-15-29(16-12-27)25-43-31(39)41-21-9-7-8-10-22-42-32(40)44-26-30-17-13-28(14-18-30)20-24-46(36-4,37-5)38-6/h11-18H,7-10,19-26H2,1-6H3. The van der Waals surface area contributed by atoms with Crippen molar-refractivity contribution in [1.29, 1.82) is 0 Å². The van der Waals surface area contributed by atoms with E-state index in [2.05, 4.69) is 48.5 Å². The van der Waals surface area contributed by atoms with E-state index in [0.717, 1.165) is 55.0 Å². The number of unbranched alkanes of at least 4 members (excludes halogenated alkanes) is 3. The summed E-state index contributed by atoms with van der Waals surface area (Å²) in [7, 11) is 4.87. The number of thiocarbonyl (C=S) groups is 2. The van der Waals surface area contributed by atoms with Crippen LogP contribution in [0, 0.1) is 0 Å². The van der Waals surface area contributed by atoms with E-state index in [0.29, 0.717) is 0 Å². The van der Waals surface area contributed by atoms with Crippen molar-refractivity contribution in [3.8, 4) is 0 Å². The number of hydrogen-bond donors (Lipinski definition) is 0. The predicted molar refractivity (Wildman–Crippen MR) is 215 cm³/mol. The first-order valence-corrected chi connectivity index (χ1v) is 23.9. The van der Waals surface area contributed by atoms with Crippen LogP contribution in [0.15, 0.2) is 48.5 Å². The summed E-state index contributed by atoms with van der Waals surface area (Å²) >= 11 is 18.4. The molecule has 0 unspecified atom stereocenters. The molecular formula is C32H50O6S6Si2. The molecule has 0 aliphatic heterocycles. The van der Waals surface area contributed by atoms with Gasteiger partial charge in [0.1, 0.15) is 7.06 Å². The van der Waals surface area contributed by atoms with E-state index in [1.807, 2.05) is 23.5 Å². The van der Waals surface area contributed by atoms with E-state index in [1.54, 1.807) is 66.2 Å². The van der Waals surface area contributed by atoms with Crippen molar-refractivity contribution in [3.63, 3.8) is 0 Å². The Morgan fingerprint density at radius 3 is 1.09 bits per heavy atom. The van der Waals surface area contributed by atoms with Crippen LogP contribution in [0.2, 0.25) is 12.1 Å². The Labute approximate surface area is 307 Å². The van der Waals surface area contributed by atoms with Gasteiger partial charge in [0, 0.05) is 66.3 Å². The second kappa shape index (κ2) is 24.4.